The first-order valence-electron chi connectivity index (χ1n) is 8.21. The van der Waals surface area contributed by atoms with Gasteiger partial charge >= 0.3 is 0 Å². The minimum absolute atomic E-state index is 0.541. The van der Waals surface area contributed by atoms with Crippen LogP contribution >= 0.6 is 0 Å². The molecule has 0 amide bonds. The molecule has 5 heteroatoms. The fourth-order valence-corrected chi connectivity index (χ4v) is 2.31. The van der Waals surface area contributed by atoms with Gasteiger partial charge in [0.25, 0.3) is 0 Å². The van der Waals surface area contributed by atoms with Gasteiger partial charge in [0.15, 0.2) is 5.96 Å². The van der Waals surface area contributed by atoms with E-state index in [2.05, 4.69) is 41.6 Å². The van der Waals surface area contributed by atoms with Crippen LogP contribution in [0.15, 0.2) is 21.8 Å². The molecule has 5 nitrogen and oxygen atoms in total. The van der Waals surface area contributed by atoms with Gasteiger partial charge in [-0.1, -0.05) is 38.3 Å². The Morgan fingerprint density at radius 3 is 2.71 bits per heavy atom. The zero-order valence-corrected chi connectivity index (χ0v) is 13.7. The number of aromatic nitrogens is 1. The Morgan fingerprint density at radius 2 is 2.10 bits per heavy atom. The van der Waals surface area contributed by atoms with Crippen LogP contribution in [-0.4, -0.2) is 24.2 Å². The quantitative estimate of drug-likeness (QED) is 0.513. The Kier molecular flexibility index (Phi) is 9.33. The minimum Gasteiger partial charge on any atom is -0.364 e. The number of hydrogen-bond donors (Lipinski definition) is 2. The number of hydrogen-bond acceptors (Lipinski definition) is 3. The van der Waals surface area contributed by atoms with E-state index in [1.165, 1.54) is 32.1 Å². The van der Waals surface area contributed by atoms with Gasteiger partial charge in [-0.05, 0) is 25.7 Å². The van der Waals surface area contributed by atoms with Crippen molar-refractivity contribution in [2.75, 3.05) is 13.1 Å². The summed E-state index contributed by atoms with van der Waals surface area (Å²) in [4.78, 5) is 4.54. The first kappa shape index (κ1) is 17.5. The highest BCUT2D eigenvalue weighted by atomic mass is 16.5. The maximum atomic E-state index is 4.82. The van der Waals surface area contributed by atoms with Crippen LogP contribution in [-0.2, 0) is 6.54 Å². The third-order valence-electron chi connectivity index (χ3n) is 3.46. The fourth-order valence-electron chi connectivity index (χ4n) is 2.31. The van der Waals surface area contributed by atoms with E-state index in [4.69, 9.17) is 4.52 Å². The zero-order valence-electron chi connectivity index (χ0n) is 13.7. The number of unbranched alkanes of at least 4 members (excludes halogenated alkanes) is 1. The molecule has 0 aliphatic rings. The van der Waals surface area contributed by atoms with Crippen molar-refractivity contribution in [3.63, 3.8) is 0 Å². The summed E-state index contributed by atoms with van der Waals surface area (Å²) >= 11 is 0. The highest BCUT2D eigenvalue weighted by Crippen LogP contribution is 2.13. The van der Waals surface area contributed by atoms with E-state index in [1.807, 2.05) is 6.07 Å². The average Bonchev–Trinajstić information content (AvgIpc) is 3.00. The normalized spacial score (nSPS) is 13.2. The van der Waals surface area contributed by atoms with Crippen LogP contribution < -0.4 is 10.6 Å². The lowest BCUT2D eigenvalue weighted by Gasteiger charge is -2.18. The molecule has 0 spiro atoms. The number of nitrogens with zero attached hydrogens (tertiary/aromatic N) is 2. The summed E-state index contributed by atoms with van der Waals surface area (Å²) in [6.07, 6.45) is 7.95. The molecule has 1 unspecified atom stereocenters. The van der Waals surface area contributed by atoms with Crippen molar-refractivity contribution >= 4 is 5.96 Å². The van der Waals surface area contributed by atoms with Gasteiger partial charge in [0.05, 0.1) is 6.54 Å². The molecular formula is C16H30N4O. The lowest BCUT2D eigenvalue weighted by Crippen LogP contribution is -2.39. The fraction of sp³-hybridized carbons (Fsp3) is 0.750. The average molecular weight is 294 g/mol. The summed E-state index contributed by atoms with van der Waals surface area (Å²) in [5, 5.41) is 10.6. The Labute approximate surface area is 128 Å². The summed E-state index contributed by atoms with van der Waals surface area (Å²) in [7, 11) is 0. The second-order valence-electron chi connectivity index (χ2n) is 5.36. The van der Waals surface area contributed by atoms with Crippen LogP contribution in [0.25, 0.3) is 0 Å². The van der Waals surface area contributed by atoms with E-state index in [0.717, 1.165) is 30.7 Å². The first-order valence-corrected chi connectivity index (χ1v) is 8.21. The van der Waals surface area contributed by atoms with Gasteiger partial charge in [-0.25, -0.2) is 4.99 Å². The Balaban J connectivity index is 2.45. The molecule has 1 rings (SSSR count). The van der Waals surface area contributed by atoms with Crippen molar-refractivity contribution in [1.29, 1.82) is 0 Å². The highest BCUT2D eigenvalue weighted by molar-refractivity contribution is 5.79. The molecular weight excluding hydrogens is 264 g/mol. The van der Waals surface area contributed by atoms with Crippen LogP contribution in [0.4, 0.5) is 0 Å². The Hall–Kier alpha value is -1.52. The van der Waals surface area contributed by atoms with E-state index in [0.29, 0.717) is 6.54 Å². The molecule has 0 fully saturated rings. The molecule has 1 aromatic rings. The van der Waals surface area contributed by atoms with Gasteiger partial charge in [0, 0.05) is 19.2 Å². The molecule has 21 heavy (non-hydrogen) atoms. The van der Waals surface area contributed by atoms with E-state index >= 15 is 0 Å². The highest BCUT2D eigenvalue weighted by Gasteiger charge is 2.08. The minimum atomic E-state index is 0.541. The number of rotatable bonds is 10. The van der Waals surface area contributed by atoms with Gasteiger partial charge in [-0.3, -0.25) is 0 Å². The Morgan fingerprint density at radius 1 is 1.24 bits per heavy atom. The van der Waals surface area contributed by atoms with Crippen LogP contribution in [0.3, 0.4) is 0 Å². The van der Waals surface area contributed by atoms with E-state index in [-0.39, 0.29) is 0 Å². The number of guanidine groups is 1. The molecule has 120 valence electrons. The van der Waals surface area contributed by atoms with Crippen molar-refractivity contribution in [2.24, 2.45) is 10.9 Å². The zero-order chi connectivity index (χ0) is 15.3. The van der Waals surface area contributed by atoms with Gasteiger partial charge < -0.3 is 15.2 Å². The molecule has 0 radical (unpaired) electrons. The summed E-state index contributed by atoms with van der Waals surface area (Å²) in [6, 6.07) is 1.84. The van der Waals surface area contributed by atoms with E-state index in [1.54, 1.807) is 6.26 Å². The molecule has 1 aromatic heterocycles. The molecule has 0 saturated heterocycles. The lowest BCUT2D eigenvalue weighted by molar-refractivity contribution is 0.411. The summed E-state index contributed by atoms with van der Waals surface area (Å²) in [5.41, 5.74) is 0.850. The second-order valence-corrected chi connectivity index (χ2v) is 5.36. The summed E-state index contributed by atoms with van der Waals surface area (Å²) < 4.78 is 4.82. The van der Waals surface area contributed by atoms with Crippen LogP contribution in [0, 0.1) is 5.92 Å². The van der Waals surface area contributed by atoms with Crippen LogP contribution in [0.1, 0.15) is 58.6 Å². The molecule has 0 saturated carbocycles. The molecule has 1 heterocycles. The van der Waals surface area contributed by atoms with Crippen molar-refractivity contribution in [1.82, 2.24) is 15.8 Å². The first-order chi connectivity index (χ1) is 10.3. The van der Waals surface area contributed by atoms with E-state index in [9.17, 15) is 0 Å². The van der Waals surface area contributed by atoms with Gasteiger partial charge in [0.1, 0.15) is 12.0 Å². The molecule has 0 bridgehead atoms. The SMILES string of the molecule is CCCCC(CCC)CNC(=NCc1ccon1)NCC. The van der Waals surface area contributed by atoms with E-state index < -0.39 is 0 Å². The molecule has 0 aliphatic heterocycles. The smallest absolute Gasteiger partial charge is 0.191 e. The van der Waals surface area contributed by atoms with Crippen molar-refractivity contribution in [2.45, 2.75) is 59.4 Å². The second kappa shape index (κ2) is 11.2. The molecule has 0 aromatic carbocycles. The largest absolute Gasteiger partial charge is 0.364 e. The number of nitrogens with one attached hydrogen (secondary N) is 2. The third-order valence-corrected chi connectivity index (χ3v) is 3.46. The summed E-state index contributed by atoms with van der Waals surface area (Å²) in [6.45, 7) is 8.96. The van der Waals surface area contributed by atoms with Crippen molar-refractivity contribution in [3.8, 4) is 0 Å². The lowest BCUT2D eigenvalue weighted by atomic mass is 9.97. The van der Waals surface area contributed by atoms with Crippen molar-refractivity contribution < 1.29 is 4.52 Å². The standard InChI is InChI=1S/C16H30N4O/c1-4-7-9-14(8-5-2)12-18-16(17-6-3)19-13-15-10-11-21-20-15/h10-11,14H,4-9,12-13H2,1-3H3,(H2,17,18,19). The predicted molar refractivity (Wildman–Crippen MR) is 87.2 cm³/mol. The molecule has 0 aliphatic carbocycles. The predicted octanol–water partition coefficient (Wildman–Crippen LogP) is 3.34. The Bertz CT molecular complexity index is 376. The monoisotopic (exact) mass is 294 g/mol. The molecule has 2 N–H and O–H groups in total. The van der Waals surface area contributed by atoms with Gasteiger partial charge in [0.2, 0.25) is 0 Å². The topological polar surface area (TPSA) is 62.5 Å². The van der Waals surface area contributed by atoms with Crippen molar-refractivity contribution in [3.05, 3.63) is 18.0 Å². The van der Waals surface area contributed by atoms with Gasteiger partial charge in [-0.2, -0.15) is 0 Å². The summed E-state index contributed by atoms with van der Waals surface area (Å²) in [5.74, 6) is 1.59. The van der Waals surface area contributed by atoms with Crippen LogP contribution in [0.5, 0.6) is 0 Å². The maximum absolute atomic E-state index is 4.82. The maximum Gasteiger partial charge on any atom is 0.191 e. The third kappa shape index (κ3) is 7.73. The number of aliphatic imine (C=N–C) groups is 1. The molecule has 1 atom stereocenters. The van der Waals surface area contributed by atoms with Gasteiger partial charge in [-0.15, -0.1) is 0 Å². The van der Waals surface area contributed by atoms with Crippen LogP contribution in [0.2, 0.25) is 0 Å².